The summed E-state index contributed by atoms with van der Waals surface area (Å²) in [5, 5.41) is 2.23. The van der Waals surface area contributed by atoms with Crippen LogP contribution in [0.1, 0.15) is 16.7 Å². The third kappa shape index (κ3) is 3.98. The first kappa shape index (κ1) is 16.3. The number of hydrogen-bond acceptors (Lipinski definition) is 2. The lowest BCUT2D eigenvalue weighted by Crippen LogP contribution is -2.83. The van der Waals surface area contributed by atoms with E-state index >= 15 is 0 Å². The highest BCUT2D eigenvalue weighted by molar-refractivity contribution is 5.48. The number of nitrogens with two attached hydrogens (primary N) is 1. The van der Waals surface area contributed by atoms with Crippen LogP contribution in [-0.4, -0.2) is 20.8 Å². The molecule has 4 heteroatoms. The molecule has 0 aromatic heterocycles. The van der Waals surface area contributed by atoms with Crippen LogP contribution in [0.3, 0.4) is 0 Å². The van der Waals surface area contributed by atoms with Crippen LogP contribution in [0.25, 0.3) is 0 Å². The third-order valence-corrected chi connectivity index (χ3v) is 3.78. The Morgan fingerprint density at radius 2 is 1.73 bits per heavy atom. The fourth-order valence-electron chi connectivity index (χ4n) is 2.57. The average molecular weight is 304 g/mol. The van der Waals surface area contributed by atoms with Crippen molar-refractivity contribution in [2.75, 3.05) is 20.8 Å². The molecule has 0 aliphatic heterocycles. The van der Waals surface area contributed by atoms with Gasteiger partial charge in [0.2, 0.25) is 0 Å². The van der Waals surface area contributed by atoms with Crippen molar-refractivity contribution in [3.05, 3.63) is 58.9 Å². The standard InChI is InChI=1S/C18H22FNO2/c1-13-17(21-2)9-6-15(18(13)22-3)12-20-11-10-14-4-7-16(19)8-5-14/h4-9,20H,10-12H2,1-3H3/p+1. The van der Waals surface area contributed by atoms with Crippen molar-refractivity contribution in [2.24, 2.45) is 0 Å². The minimum Gasteiger partial charge on any atom is -0.496 e. The number of benzene rings is 2. The lowest BCUT2D eigenvalue weighted by molar-refractivity contribution is -0.670. The van der Waals surface area contributed by atoms with E-state index in [1.54, 1.807) is 14.2 Å². The van der Waals surface area contributed by atoms with E-state index in [2.05, 4.69) is 5.32 Å². The average Bonchev–Trinajstić information content (AvgIpc) is 2.53. The second kappa shape index (κ2) is 7.80. The smallest absolute Gasteiger partial charge is 0.134 e. The predicted octanol–water partition coefficient (Wildman–Crippen LogP) is 2.46. The fraction of sp³-hybridized carbons (Fsp3) is 0.333. The van der Waals surface area contributed by atoms with Crippen molar-refractivity contribution in [1.82, 2.24) is 0 Å². The number of ether oxygens (including phenoxy) is 2. The predicted molar refractivity (Wildman–Crippen MR) is 84.9 cm³/mol. The first-order chi connectivity index (χ1) is 10.7. The van der Waals surface area contributed by atoms with Gasteiger partial charge in [-0.25, -0.2) is 4.39 Å². The van der Waals surface area contributed by atoms with E-state index in [0.717, 1.165) is 47.7 Å². The molecule has 0 bridgehead atoms. The van der Waals surface area contributed by atoms with Crippen molar-refractivity contribution in [3.8, 4) is 11.5 Å². The number of hydrogen-bond donors (Lipinski definition) is 1. The van der Waals surface area contributed by atoms with Gasteiger partial charge in [0.1, 0.15) is 23.9 Å². The van der Waals surface area contributed by atoms with Crippen molar-refractivity contribution in [2.45, 2.75) is 19.9 Å². The summed E-state index contributed by atoms with van der Waals surface area (Å²) in [6.07, 6.45) is 0.914. The van der Waals surface area contributed by atoms with Gasteiger partial charge in [-0.15, -0.1) is 0 Å². The molecule has 0 atom stereocenters. The molecule has 0 saturated carbocycles. The van der Waals surface area contributed by atoms with E-state index in [-0.39, 0.29) is 5.82 Å². The second-order valence-corrected chi connectivity index (χ2v) is 5.24. The minimum absolute atomic E-state index is 0.189. The molecule has 22 heavy (non-hydrogen) atoms. The number of halogens is 1. The van der Waals surface area contributed by atoms with Crippen molar-refractivity contribution in [1.29, 1.82) is 0 Å². The zero-order valence-corrected chi connectivity index (χ0v) is 13.4. The maximum atomic E-state index is 12.8. The number of quaternary nitrogens is 1. The van der Waals surface area contributed by atoms with Gasteiger partial charge < -0.3 is 14.8 Å². The number of rotatable bonds is 7. The summed E-state index contributed by atoms with van der Waals surface area (Å²) in [6.45, 7) is 3.79. The van der Waals surface area contributed by atoms with E-state index in [0.29, 0.717) is 0 Å². The Hall–Kier alpha value is -2.07. The van der Waals surface area contributed by atoms with E-state index in [1.807, 2.05) is 31.2 Å². The molecule has 2 aromatic carbocycles. The summed E-state index contributed by atoms with van der Waals surface area (Å²) in [4.78, 5) is 0. The SMILES string of the molecule is COc1ccc(C[NH2+]CCc2ccc(F)cc2)c(OC)c1C. The zero-order valence-electron chi connectivity index (χ0n) is 13.4. The van der Waals surface area contributed by atoms with Gasteiger partial charge in [0.25, 0.3) is 0 Å². The molecule has 0 saturated heterocycles. The Morgan fingerprint density at radius 1 is 1.00 bits per heavy atom. The van der Waals surface area contributed by atoms with Gasteiger partial charge in [-0.3, -0.25) is 0 Å². The summed E-state index contributed by atoms with van der Waals surface area (Å²) in [7, 11) is 3.35. The van der Waals surface area contributed by atoms with Crippen LogP contribution < -0.4 is 14.8 Å². The lowest BCUT2D eigenvalue weighted by atomic mass is 10.1. The monoisotopic (exact) mass is 304 g/mol. The van der Waals surface area contributed by atoms with Crippen molar-refractivity contribution in [3.63, 3.8) is 0 Å². The molecule has 0 spiro atoms. The minimum atomic E-state index is -0.189. The number of methoxy groups -OCH3 is 2. The second-order valence-electron chi connectivity index (χ2n) is 5.24. The summed E-state index contributed by atoms with van der Waals surface area (Å²) < 4.78 is 23.7. The molecule has 0 amide bonds. The highest BCUT2D eigenvalue weighted by Gasteiger charge is 2.12. The summed E-state index contributed by atoms with van der Waals surface area (Å²) in [5.74, 6) is 1.54. The maximum absolute atomic E-state index is 12.8. The van der Waals surface area contributed by atoms with Gasteiger partial charge in [-0.1, -0.05) is 12.1 Å². The van der Waals surface area contributed by atoms with Gasteiger partial charge in [0.15, 0.2) is 0 Å². The topological polar surface area (TPSA) is 35.1 Å². The quantitative estimate of drug-likeness (QED) is 0.798. The molecule has 118 valence electrons. The molecule has 2 rings (SSSR count). The molecule has 0 aliphatic rings. The molecule has 0 aliphatic carbocycles. The Balaban J connectivity index is 1.91. The normalized spacial score (nSPS) is 10.5. The first-order valence-corrected chi connectivity index (χ1v) is 7.42. The van der Waals surface area contributed by atoms with Gasteiger partial charge in [-0.2, -0.15) is 0 Å². The van der Waals surface area contributed by atoms with Crippen molar-refractivity contribution < 1.29 is 19.2 Å². The summed E-state index contributed by atoms with van der Waals surface area (Å²) in [6, 6.07) is 10.7. The van der Waals surface area contributed by atoms with Gasteiger partial charge in [0.05, 0.1) is 20.8 Å². The van der Waals surface area contributed by atoms with Gasteiger partial charge >= 0.3 is 0 Å². The van der Waals surface area contributed by atoms with E-state index in [4.69, 9.17) is 9.47 Å². The highest BCUT2D eigenvalue weighted by Crippen LogP contribution is 2.30. The first-order valence-electron chi connectivity index (χ1n) is 7.42. The fourth-order valence-corrected chi connectivity index (χ4v) is 2.57. The third-order valence-electron chi connectivity index (χ3n) is 3.78. The molecule has 0 unspecified atom stereocenters. The van der Waals surface area contributed by atoms with E-state index in [9.17, 15) is 4.39 Å². The molecule has 0 fully saturated rings. The zero-order chi connectivity index (χ0) is 15.9. The Labute approximate surface area is 131 Å². The van der Waals surface area contributed by atoms with Gasteiger partial charge in [0, 0.05) is 17.5 Å². The Morgan fingerprint density at radius 3 is 2.36 bits per heavy atom. The van der Waals surface area contributed by atoms with Crippen LogP contribution in [0.15, 0.2) is 36.4 Å². The van der Waals surface area contributed by atoms with E-state index < -0.39 is 0 Å². The molecule has 0 heterocycles. The van der Waals surface area contributed by atoms with E-state index in [1.165, 1.54) is 12.1 Å². The van der Waals surface area contributed by atoms with Crippen LogP contribution >= 0.6 is 0 Å². The van der Waals surface area contributed by atoms with Crippen molar-refractivity contribution >= 4 is 0 Å². The van der Waals surface area contributed by atoms with Gasteiger partial charge in [-0.05, 0) is 36.8 Å². The Kier molecular flexibility index (Phi) is 5.78. The molecular formula is C18H23FNO2+. The maximum Gasteiger partial charge on any atom is 0.134 e. The van der Waals surface area contributed by atoms with Crippen LogP contribution in [0.5, 0.6) is 11.5 Å². The summed E-state index contributed by atoms with van der Waals surface area (Å²) in [5.41, 5.74) is 3.32. The molecule has 0 radical (unpaired) electrons. The molecule has 2 aromatic rings. The lowest BCUT2D eigenvalue weighted by Gasteiger charge is -2.13. The largest absolute Gasteiger partial charge is 0.496 e. The van der Waals surface area contributed by atoms with Crippen LogP contribution in [0, 0.1) is 12.7 Å². The molecular weight excluding hydrogens is 281 g/mol. The van der Waals surface area contributed by atoms with Crippen LogP contribution in [0.4, 0.5) is 4.39 Å². The molecule has 3 nitrogen and oxygen atoms in total. The molecule has 2 N–H and O–H groups in total. The highest BCUT2D eigenvalue weighted by atomic mass is 19.1. The van der Waals surface area contributed by atoms with Crippen LogP contribution in [-0.2, 0) is 13.0 Å². The summed E-state index contributed by atoms with van der Waals surface area (Å²) >= 11 is 0. The Bertz CT molecular complexity index is 611. The van der Waals surface area contributed by atoms with Crippen LogP contribution in [0.2, 0.25) is 0 Å².